The van der Waals surface area contributed by atoms with Crippen molar-refractivity contribution in [2.24, 2.45) is 0 Å². The lowest BCUT2D eigenvalue weighted by atomic mass is 10.2. The highest BCUT2D eigenvalue weighted by atomic mass is 35.5. The first kappa shape index (κ1) is 16.6. The first-order valence-corrected chi connectivity index (χ1v) is 7.15. The van der Waals surface area contributed by atoms with Crippen LogP contribution in [0.5, 0.6) is 5.75 Å². The molecule has 0 aliphatic carbocycles. The molecule has 0 fully saturated rings. The monoisotopic (exact) mass is 330 g/mol. The maximum atomic E-state index is 11.8. The topological polar surface area (TPSA) is 67.4 Å². The molecule has 0 saturated carbocycles. The van der Waals surface area contributed by atoms with E-state index in [4.69, 9.17) is 16.3 Å². The van der Waals surface area contributed by atoms with Gasteiger partial charge in [-0.1, -0.05) is 35.9 Å². The molecule has 2 aromatic rings. The number of amides is 2. The highest BCUT2D eigenvalue weighted by Gasteiger charge is 2.06. The minimum absolute atomic E-state index is 0.353. The van der Waals surface area contributed by atoms with Crippen LogP contribution in [0.15, 0.2) is 54.6 Å². The van der Waals surface area contributed by atoms with Gasteiger partial charge in [-0.3, -0.25) is 20.4 Å². The molecule has 0 spiro atoms. The van der Waals surface area contributed by atoms with Crippen molar-refractivity contribution in [2.45, 2.75) is 0 Å². The number of hydrazine groups is 1. The van der Waals surface area contributed by atoms with Crippen LogP contribution < -0.4 is 15.6 Å². The molecule has 0 aliphatic rings. The molecule has 118 valence electrons. The molecule has 0 saturated heterocycles. The van der Waals surface area contributed by atoms with Crippen molar-refractivity contribution in [3.8, 4) is 5.75 Å². The van der Waals surface area contributed by atoms with Crippen LogP contribution in [0.2, 0.25) is 5.02 Å². The van der Waals surface area contributed by atoms with E-state index in [9.17, 15) is 9.59 Å². The zero-order valence-electron chi connectivity index (χ0n) is 12.4. The molecule has 0 aromatic heterocycles. The second kappa shape index (κ2) is 8.00. The maximum Gasteiger partial charge on any atom is 0.269 e. The van der Waals surface area contributed by atoms with Gasteiger partial charge in [-0.05, 0) is 30.3 Å². The normalized spacial score (nSPS) is 10.3. The molecule has 2 aromatic carbocycles. The van der Waals surface area contributed by atoms with Crippen LogP contribution in [0.4, 0.5) is 0 Å². The minimum Gasteiger partial charge on any atom is -0.496 e. The molecule has 2 amide bonds. The lowest BCUT2D eigenvalue weighted by Gasteiger charge is -2.06. The third-order valence-electron chi connectivity index (χ3n) is 2.94. The summed E-state index contributed by atoms with van der Waals surface area (Å²) in [5.41, 5.74) is 5.72. The summed E-state index contributed by atoms with van der Waals surface area (Å²) in [6.45, 7) is 0. The summed E-state index contributed by atoms with van der Waals surface area (Å²) < 4.78 is 5.18. The first-order chi connectivity index (χ1) is 11.1. The molecule has 0 aliphatic heterocycles. The minimum atomic E-state index is -0.466. The molecule has 5 nitrogen and oxygen atoms in total. The summed E-state index contributed by atoms with van der Waals surface area (Å²) in [7, 11) is 1.55. The predicted octanol–water partition coefficient (Wildman–Crippen LogP) is 2.82. The Morgan fingerprint density at radius 3 is 2.61 bits per heavy atom. The van der Waals surface area contributed by atoms with Crippen LogP contribution in [0.3, 0.4) is 0 Å². The second-order valence-corrected chi connectivity index (χ2v) is 4.97. The van der Waals surface area contributed by atoms with Crippen LogP contribution in [0, 0.1) is 0 Å². The van der Waals surface area contributed by atoms with Crippen molar-refractivity contribution in [3.05, 3.63) is 70.8 Å². The van der Waals surface area contributed by atoms with Crippen molar-refractivity contribution in [1.29, 1.82) is 0 Å². The predicted molar refractivity (Wildman–Crippen MR) is 89.1 cm³/mol. The number of carbonyl (C=O) groups excluding carboxylic acids is 2. The maximum absolute atomic E-state index is 11.8. The van der Waals surface area contributed by atoms with Gasteiger partial charge in [0.1, 0.15) is 5.75 Å². The number of methoxy groups -OCH3 is 1. The molecule has 0 atom stereocenters. The van der Waals surface area contributed by atoms with Crippen molar-refractivity contribution < 1.29 is 14.3 Å². The van der Waals surface area contributed by atoms with E-state index in [2.05, 4.69) is 10.9 Å². The summed E-state index contributed by atoms with van der Waals surface area (Å²) in [5.74, 6) is -0.266. The van der Waals surface area contributed by atoms with Gasteiger partial charge >= 0.3 is 0 Å². The van der Waals surface area contributed by atoms with Crippen molar-refractivity contribution in [1.82, 2.24) is 10.9 Å². The Balaban J connectivity index is 1.92. The summed E-state index contributed by atoms with van der Waals surface area (Å²) in [4.78, 5) is 23.6. The Labute approximate surface area is 138 Å². The number of nitrogens with one attached hydrogen (secondary N) is 2. The van der Waals surface area contributed by atoms with Gasteiger partial charge in [-0.25, -0.2) is 0 Å². The van der Waals surface area contributed by atoms with E-state index in [-0.39, 0.29) is 0 Å². The summed E-state index contributed by atoms with van der Waals surface area (Å²) >= 11 is 5.81. The van der Waals surface area contributed by atoms with Crippen LogP contribution >= 0.6 is 11.6 Å². The van der Waals surface area contributed by atoms with Crippen molar-refractivity contribution in [2.75, 3.05) is 7.11 Å². The zero-order valence-corrected chi connectivity index (χ0v) is 13.1. The van der Waals surface area contributed by atoms with Crippen LogP contribution in [-0.2, 0) is 4.79 Å². The number of hydrogen-bond acceptors (Lipinski definition) is 3. The van der Waals surface area contributed by atoms with Gasteiger partial charge < -0.3 is 4.74 Å². The molecule has 23 heavy (non-hydrogen) atoms. The standard InChI is InChI=1S/C17H15ClN2O3/c1-23-15-8-3-2-5-12(15)9-10-16(21)19-20-17(22)13-6-4-7-14(18)11-13/h2-11H,1H3,(H,19,21)(H,20,22). The van der Waals surface area contributed by atoms with Gasteiger partial charge in [0.05, 0.1) is 7.11 Å². The Bertz CT molecular complexity index is 744. The molecule has 6 heteroatoms. The third-order valence-corrected chi connectivity index (χ3v) is 3.17. The molecule has 0 bridgehead atoms. The molecular formula is C17H15ClN2O3. The van der Waals surface area contributed by atoms with Gasteiger partial charge in [0.2, 0.25) is 0 Å². The SMILES string of the molecule is COc1ccccc1C=CC(=O)NNC(=O)c1cccc(Cl)c1. The lowest BCUT2D eigenvalue weighted by molar-refractivity contribution is -0.117. The van der Waals surface area contributed by atoms with Gasteiger partial charge in [0, 0.05) is 22.2 Å². The summed E-state index contributed by atoms with van der Waals surface area (Å²) in [6.07, 6.45) is 2.90. The van der Waals surface area contributed by atoms with Gasteiger partial charge in [-0.15, -0.1) is 0 Å². The fourth-order valence-corrected chi connectivity index (χ4v) is 2.02. The van der Waals surface area contributed by atoms with E-state index < -0.39 is 11.8 Å². The fraction of sp³-hybridized carbons (Fsp3) is 0.0588. The smallest absolute Gasteiger partial charge is 0.269 e. The Kier molecular flexibility index (Phi) is 5.77. The lowest BCUT2D eigenvalue weighted by Crippen LogP contribution is -2.40. The Hall–Kier alpha value is -2.79. The number of benzene rings is 2. The molecule has 2 rings (SSSR count). The van der Waals surface area contributed by atoms with E-state index in [1.165, 1.54) is 12.1 Å². The quantitative estimate of drug-likeness (QED) is 0.669. The van der Waals surface area contributed by atoms with Crippen molar-refractivity contribution in [3.63, 3.8) is 0 Å². The van der Waals surface area contributed by atoms with Gasteiger partial charge in [0.15, 0.2) is 0 Å². The van der Waals surface area contributed by atoms with E-state index >= 15 is 0 Å². The average molecular weight is 331 g/mol. The second-order valence-electron chi connectivity index (χ2n) is 4.53. The Morgan fingerprint density at radius 1 is 1.09 bits per heavy atom. The van der Waals surface area contributed by atoms with E-state index in [0.29, 0.717) is 16.3 Å². The molecular weight excluding hydrogens is 316 g/mol. The van der Waals surface area contributed by atoms with E-state index in [1.54, 1.807) is 37.5 Å². The number of halogens is 1. The fourth-order valence-electron chi connectivity index (χ4n) is 1.83. The number of carbonyl (C=O) groups is 2. The van der Waals surface area contributed by atoms with Gasteiger partial charge in [-0.2, -0.15) is 0 Å². The third kappa shape index (κ3) is 4.86. The van der Waals surface area contributed by atoms with Crippen molar-refractivity contribution >= 4 is 29.5 Å². The average Bonchev–Trinajstić information content (AvgIpc) is 2.58. The summed E-state index contributed by atoms with van der Waals surface area (Å²) in [6, 6.07) is 13.7. The van der Waals surface area contributed by atoms with E-state index in [0.717, 1.165) is 5.56 Å². The number of hydrogen-bond donors (Lipinski definition) is 2. The zero-order chi connectivity index (χ0) is 16.7. The first-order valence-electron chi connectivity index (χ1n) is 6.77. The highest BCUT2D eigenvalue weighted by molar-refractivity contribution is 6.30. The van der Waals surface area contributed by atoms with Crippen LogP contribution in [0.25, 0.3) is 6.08 Å². The largest absolute Gasteiger partial charge is 0.496 e. The molecule has 0 radical (unpaired) electrons. The Morgan fingerprint density at radius 2 is 1.87 bits per heavy atom. The number of rotatable bonds is 4. The highest BCUT2D eigenvalue weighted by Crippen LogP contribution is 2.18. The summed E-state index contributed by atoms with van der Waals surface area (Å²) in [5, 5.41) is 0.444. The molecule has 2 N–H and O–H groups in total. The van der Waals surface area contributed by atoms with E-state index in [1.807, 2.05) is 18.2 Å². The van der Waals surface area contributed by atoms with Gasteiger partial charge in [0.25, 0.3) is 11.8 Å². The number of para-hydroxylation sites is 1. The number of ether oxygens (including phenoxy) is 1. The van der Waals surface area contributed by atoms with Crippen LogP contribution in [0.1, 0.15) is 15.9 Å². The molecule has 0 heterocycles. The molecule has 0 unspecified atom stereocenters. The van der Waals surface area contributed by atoms with Crippen LogP contribution in [-0.4, -0.2) is 18.9 Å².